The highest BCUT2D eigenvalue weighted by Gasteiger charge is 2.09. The largest absolute Gasteiger partial charge is 0.481 e. The summed E-state index contributed by atoms with van der Waals surface area (Å²) < 4.78 is 5.28. The van der Waals surface area contributed by atoms with Gasteiger partial charge in [0.1, 0.15) is 5.65 Å². The van der Waals surface area contributed by atoms with Crippen molar-refractivity contribution in [1.29, 1.82) is 0 Å². The number of aromatic nitrogens is 4. The Kier molecular flexibility index (Phi) is 4.53. The highest BCUT2D eigenvalue weighted by atomic mass is 32.1. The van der Waals surface area contributed by atoms with Crippen molar-refractivity contribution in [2.75, 3.05) is 12.4 Å². The number of aryl methyl sites for hydroxylation is 1. The summed E-state index contributed by atoms with van der Waals surface area (Å²) in [6, 6.07) is 6.07. The van der Waals surface area contributed by atoms with E-state index in [1.165, 1.54) is 15.8 Å². The minimum Gasteiger partial charge on any atom is -0.481 e. The lowest BCUT2D eigenvalue weighted by molar-refractivity contribution is 0.393. The number of H-pyrrole nitrogens is 1. The van der Waals surface area contributed by atoms with Gasteiger partial charge in [0.15, 0.2) is 5.13 Å². The first-order valence-electron chi connectivity index (χ1n) is 8.32. The number of thiazole rings is 1. The molecule has 2 N–H and O–H groups in total. The van der Waals surface area contributed by atoms with Gasteiger partial charge in [-0.2, -0.15) is 0 Å². The second kappa shape index (κ2) is 7.13. The normalized spacial score (nSPS) is 11.0. The summed E-state index contributed by atoms with van der Waals surface area (Å²) >= 11 is 1.66. The molecule has 0 aliphatic rings. The van der Waals surface area contributed by atoms with Crippen molar-refractivity contribution in [2.45, 2.75) is 19.9 Å². The van der Waals surface area contributed by atoms with Crippen LogP contribution in [0.15, 0.2) is 43.0 Å². The van der Waals surface area contributed by atoms with E-state index in [1.54, 1.807) is 24.6 Å². The SMILES string of the molecule is COc1ncccc1CNc1ncc(Cc2c[nH]c3ncc(C)cc23)s1. The molecule has 0 amide bonds. The van der Waals surface area contributed by atoms with E-state index in [9.17, 15) is 0 Å². The van der Waals surface area contributed by atoms with Crippen LogP contribution < -0.4 is 10.1 Å². The van der Waals surface area contributed by atoms with Crippen LogP contribution >= 0.6 is 11.3 Å². The number of methoxy groups -OCH3 is 1. The molecular formula is C19H19N5OS. The molecule has 0 saturated heterocycles. The molecule has 0 unspecified atom stereocenters. The molecule has 0 spiro atoms. The molecule has 0 bridgehead atoms. The van der Waals surface area contributed by atoms with Gasteiger partial charge in [0.2, 0.25) is 5.88 Å². The number of ether oxygens (including phenoxy) is 1. The minimum atomic E-state index is 0.625. The predicted molar refractivity (Wildman–Crippen MR) is 104 cm³/mol. The lowest BCUT2D eigenvalue weighted by atomic mass is 10.1. The smallest absolute Gasteiger partial charge is 0.218 e. The maximum atomic E-state index is 5.28. The Hall–Kier alpha value is -2.93. The number of fused-ring (bicyclic) bond motifs is 1. The van der Waals surface area contributed by atoms with Crippen LogP contribution in [-0.2, 0) is 13.0 Å². The quantitative estimate of drug-likeness (QED) is 0.541. The maximum Gasteiger partial charge on any atom is 0.218 e. The molecular weight excluding hydrogens is 346 g/mol. The van der Waals surface area contributed by atoms with E-state index in [0.717, 1.165) is 28.3 Å². The standard InChI is InChI=1S/C19H19N5OS/c1-12-6-16-14(10-22-17(16)21-8-12)7-15-11-24-19(26-15)23-9-13-4-3-5-20-18(13)25-2/h3-6,8,10-11H,7,9H2,1-2H3,(H,21,22)(H,23,24). The number of pyridine rings is 2. The number of hydrogen-bond acceptors (Lipinski definition) is 6. The van der Waals surface area contributed by atoms with Crippen LogP contribution in [0.4, 0.5) is 5.13 Å². The fourth-order valence-corrected chi connectivity index (χ4v) is 3.71. The Bertz CT molecular complexity index is 1040. The first-order chi connectivity index (χ1) is 12.7. The van der Waals surface area contributed by atoms with Gasteiger partial charge in [-0.1, -0.05) is 6.07 Å². The monoisotopic (exact) mass is 365 g/mol. The third kappa shape index (κ3) is 3.39. The first-order valence-corrected chi connectivity index (χ1v) is 9.13. The molecule has 4 aromatic rings. The van der Waals surface area contributed by atoms with E-state index >= 15 is 0 Å². The molecule has 4 aromatic heterocycles. The molecule has 0 fully saturated rings. The van der Waals surface area contributed by atoms with Gasteiger partial charge in [-0.05, 0) is 30.2 Å². The van der Waals surface area contributed by atoms with Crippen molar-refractivity contribution < 1.29 is 4.74 Å². The Labute approximate surface area is 155 Å². The second-order valence-electron chi connectivity index (χ2n) is 6.06. The second-order valence-corrected chi connectivity index (χ2v) is 7.17. The third-order valence-electron chi connectivity index (χ3n) is 4.15. The number of rotatable bonds is 6. The highest BCUT2D eigenvalue weighted by Crippen LogP contribution is 2.26. The van der Waals surface area contributed by atoms with Gasteiger partial charge in [0, 0.05) is 53.6 Å². The summed E-state index contributed by atoms with van der Waals surface area (Å²) in [5.41, 5.74) is 4.33. The van der Waals surface area contributed by atoms with Gasteiger partial charge in [-0.3, -0.25) is 0 Å². The van der Waals surface area contributed by atoms with Crippen LogP contribution in [0.5, 0.6) is 5.88 Å². The van der Waals surface area contributed by atoms with Crippen molar-refractivity contribution in [3.8, 4) is 5.88 Å². The van der Waals surface area contributed by atoms with Gasteiger partial charge in [-0.15, -0.1) is 11.3 Å². The summed E-state index contributed by atoms with van der Waals surface area (Å²) in [7, 11) is 1.63. The average molecular weight is 365 g/mol. The molecule has 0 aromatic carbocycles. The van der Waals surface area contributed by atoms with Crippen LogP contribution in [0.1, 0.15) is 21.6 Å². The number of nitrogens with one attached hydrogen (secondary N) is 2. The summed E-state index contributed by atoms with van der Waals surface area (Å²) in [5, 5.41) is 5.41. The lowest BCUT2D eigenvalue weighted by Crippen LogP contribution is -2.02. The van der Waals surface area contributed by atoms with E-state index in [4.69, 9.17) is 4.74 Å². The molecule has 132 valence electrons. The van der Waals surface area contributed by atoms with Crippen molar-refractivity contribution in [2.24, 2.45) is 0 Å². The van der Waals surface area contributed by atoms with E-state index in [-0.39, 0.29) is 0 Å². The molecule has 0 atom stereocenters. The zero-order chi connectivity index (χ0) is 17.9. The highest BCUT2D eigenvalue weighted by molar-refractivity contribution is 7.15. The summed E-state index contributed by atoms with van der Waals surface area (Å²) in [5.74, 6) is 0.637. The maximum absolute atomic E-state index is 5.28. The van der Waals surface area contributed by atoms with E-state index in [2.05, 4.69) is 38.2 Å². The van der Waals surface area contributed by atoms with Gasteiger partial charge in [-0.25, -0.2) is 15.0 Å². The summed E-state index contributed by atoms with van der Waals surface area (Å²) in [4.78, 5) is 17.6. The van der Waals surface area contributed by atoms with Crippen LogP contribution in [0, 0.1) is 6.92 Å². The Balaban J connectivity index is 1.47. The molecule has 4 rings (SSSR count). The molecule has 26 heavy (non-hydrogen) atoms. The Morgan fingerprint density at radius 2 is 2.12 bits per heavy atom. The summed E-state index contributed by atoms with van der Waals surface area (Å²) in [6.07, 6.45) is 8.40. The van der Waals surface area contributed by atoms with Crippen LogP contribution in [-0.4, -0.2) is 27.0 Å². The van der Waals surface area contributed by atoms with Crippen molar-refractivity contribution in [3.05, 3.63) is 64.6 Å². The fraction of sp³-hybridized carbons (Fsp3) is 0.211. The van der Waals surface area contributed by atoms with Crippen LogP contribution in [0.25, 0.3) is 11.0 Å². The third-order valence-corrected chi connectivity index (χ3v) is 5.10. The zero-order valence-corrected chi connectivity index (χ0v) is 15.4. The van der Waals surface area contributed by atoms with Gasteiger partial charge in [0.25, 0.3) is 0 Å². The van der Waals surface area contributed by atoms with E-state index in [0.29, 0.717) is 12.4 Å². The average Bonchev–Trinajstić information content (AvgIpc) is 3.27. The van der Waals surface area contributed by atoms with Crippen LogP contribution in [0.2, 0.25) is 0 Å². The van der Waals surface area contributed by atoms with Crippen LogP contribution in [0.3, 0.4) is 0 Å². The summed E-state index contributed by atoms with van der Waals surface area (Å²) in [6.45, 7) is 2.69. The van der Waals surface area contributed by atoms with Crippen molar-refractivity contribution in [3.63, 3.8) is 0 Å². The van der Waals surface area contributed by atoms with E-state index in [1.807, 2.05) is 30.7 Å². The first kappa shape index (κ1) is 16.5. The minimum absolute atomic E-state index is 0.625. The Morgan fingerprint density at radius 1 is 1.19 bits per heavy atom. The predicted octanol–water partition coefficient (Wildman–Crippen LogP) is 3.93. The van der Waals surface area contributed by atoms with Gasteiger partial charge < -0.3 is 15.0 Å². The molecule has 0 aliphatic carbocycles. The van der Waals surface area contributed by atoms with Crippen molar-refractivity contribution in [1.82, 2.24) is 19.9 Å². The lowest BCUT2D eigenvalue weighted by Gasteiger charge is -2.07. The number of nitrogens with zero attached hydrogens (tertiary/aromatic N) is 3. The fourth-order valence-electron chi connectivity index (χ4n) is 2.88. The zero-order valence-electron chi connectivity index (χ0n) is 14.6. The molecule has 6 nitrogen and oxygen atoms in total. The molecule has 0 radical (unpaired) electrons. The van der Waals surface area contributed by atoms with Gasteiger partial charge >= 0.3 is 0 Å². The number of anilines is 1. The van der Waals surface area contributed by atoms with E-state index < -0.39 is 0 Å². The molecule has 4 heterocycles. The molecule has 7 heteroatoms. The van der Waals surface area contributed by atoms with Gasteiger partial charge in [0.05, 0.1) is 7.11 Å². The molecule has 0 aliphatic heterocycles. The topological polar surface area (TPSA) is 75.7 Å². The Morgan fingerprint density at radius 3 is 3.00 bits per heavy atom. The van der Waals surface area contributed by atoms with Crippen molar-refractivity contribution >= 4 is 27.5 Å². The molecule has 0 saturated carbocycles. The number of aromatic amines is 1. The number of hydrogen-bond donors (Lipinski definition) is 2.